The van der Waals surface area contributed by atoms with Crippen molar-refractivity contribution < 1.29 is 14.3 Å². The Labute approximate surface area is 163 Å². The van der Waals surface area contributed by atoms with Gasteiger partial charge < -0.3 is 14.4 Å². The summed E-state index contributed by atoms with van der Waals surface area (Å²) in [4.78, 5) is 14.8. The summed E-state index contributed by atoms with van der Waals surface area (Å²) in [6.45, 7) is 6.40. The van der Waals surface area contributed by atoms with Crippen LogP contribution in [0.4, 0.5) is 0 Å². The zero-order valence-corrected chi connectivity index (χ0v) is 16.6. The van der Waals surface area contributed by atoms with Crippen molar-refractivity contribution >= 4 is 5.91 Å². The molecule has 148 valence electrons. The van der Waals surface area contributed by atoms with E-state index in [1.54, 1.807) is 0 Å². The number of carbonyl (C=O) groups is 1. The first kappa shape index (κ1) is 18.9. The highest BCUT2D eigenvalue weighted by Gasteiger charge is 2.46. The molecule has 4 heteroatoms. The summed E-state index contributed by atoms with van der Waals surface area (Å²) >= 11 is 0. The third-order valence-electron chi connectivity index (χ3n) is 6.83. The van der Waals surface area contributed by atoms with Gasteiger partial charge in [0.05, 0.1) is 12.0 Å². The molecule has 4 nitrogen and oxygen atoms in total. The Kier molecular flexibility index (Phi) is 5.84. The monoisotopic (exact) mass is 371 g/mol. The molecule has 1 spiro atoms. The number of piperidine rings is 1. The van der Waals surface area contributed by atoms with Crippen molar-refractivity contribution in [3.63, 3.8) is 0 Å². The number of carbonyl (C=O) groups excluding carboxylic acids is 1. The molecule has 1 aliphatic carbocycles. The number of likely N-dealkylation sites (tertiary alicyclic amines) is 1. The molecule has 1 atom stereocenters. The number of amides is 1. The van der Waals surface area contributed by atoms with Crippen LogP contribution in [-0.4, -0.2) is 49.3 Å². The lowest BCUT2D eigenvalue weighted by Crippen LogP contribution is -2.50. The molecule has 3 aliphatic rings. The number of rotatable bonds is 7. The molecule has 27 heavy (non-hydrogen) atoms. The van der Waals surface area contributed by atoms with Crippen LogP contribution in [0.2, 0.25) is 0 Å². The highest BCUT2D eigenvalue weighted by atomic mass is 16.5. The minimum Gasteiger partial charge on any atom is -0.381 e. The Morgan fingerprint density at radius 1 is 1.22 bits per heavy atom. The third-order valence-corrected chi connectivity index (χ3v) is 6.83. The molecule has 1 unspecified atom stereocenters. The second-order valence-electron chi connectivity index (χ2n) is 8.69. The van der Waals surface area contributed by atoms with Crippen molar-refractivity contribution in [3.8, 4) is 0 Å². The molecule has 0 aromatic heterocycles. The highest BCUT2D eigenvalue weighted by molar-refractivity contribution is 5.79. The Hall–Kier alpha value is -1.39. The topological polar surface area (TPSA) is 38.8 Å². The lowest BCUT2D eigenvalue weighted by atomic mass is 9.78. The first-order valence-corrected chi connectivity index (χ1v) is 10.7. The lowest BCUT2D eigenvalue weighted by molar-refractivity contribution is -0.137. The molecule has 2 heterocycles. The largest absolute Gasteiger partial charge is 0.381 e. The van der Waals surface area contributed by atoms with E-state index in [4.69, 9.17) is 9.47 Å². The molecule has 2 saturated heterocycles. The Balaban J connectivity index is 1.26. The van der Waals surface area contributed by atoms with Crippen LogP contribution in [0.15, 0.2) is 24.3 Å². The predicted molar refractivity (Wildman–Crippen MR) is 106 cm³/mol. The van der Waals surface area contributed by atoms with E-state index in [0.717, 1.165) is 70.1 Å². The maximum absolute atomic E-state index is 12.8. The van der Waals surface area contributed by atoms with Gasteiger partial charge in [-0.05, 0) is 68.4 Å². The quantitative estimate of drug-likeness (QED) is 0.685. The van der Waals surface area contributed by atoms with Crippen LogP contribution >= 0.6 is 0 Å². The molecule has 1 amide bonds. The van der Waals surface area contributed by atoms with Gasteiger partial charge in [-0.2, -0.15) is 0 Å². The zero-order chi connectivity index (χ0) is 18.7. The smallest absolute Gasteiger partial charge is 0.227 e. The van der Waals surface area contributed by atoms with Gasteiger partial charge in [-0.3, -0.25) is 4.79 Å². The molecular weight excluding hydrogens is 338 g/mol. The van der Waals surface area contributed by atoms with Crippen LogP contribution in [0.3, 0.4) is 0 Å². The number of aryl methyl sites for hydroxylation is 1. The van der Waals surface area contributed by atoms with Gasteiger partial charge in [0.15, 0.2) is 0 Å². The number of benzene rings is 1. The molecule has 3 fully saturated rings. The standard InChI is InChI=1S/C23H33NO3/c1-18-4-2-3-5-20(18)16-22(25)24-12-10-23(11-13-24)21(9-15-27-23)8-14-26-17-19-6-7-19/h2-5,19,21H,6-17H2,1H3. The van der Waals surface area contributed by atoms with Gasteiger partial charge in [0.25, 0.3) is 0 Å². The number of hydrogen-bond donors (Lipinski definition) is 0. The Bertz CT molecular complexity index is 647. The van der Waals surface area contributed by atoms with Crippen molar-refractivity contribution in [3.05, 3.63) is 35.4 Å². The maximum Gasteiger partial charge on any atom is 0.227 e. The first-order valence-electron chi connectivity index (χ1n) is 10.7. The summed E-state index contributed by atoms with van der Waals surface area (Å²) in [5.74, 6) is 1.67. The van der Waals surface area contributed by atoms with Crippen LogP contribution in [0.25, 0.3) is 0 Å². The second kappa shape index (κ2) is 8.32. The lowest BCUT2D eigenvalue weighted by Gasteiger charge is -2.42. The minimum atomic E-state index is -0.0115. The zero-order valence-electron chi connectivity index (χ0n) is 16.6. The second-order valence-corrected chi connectivity index (χ2v) is 8.69. The molecule has 1 saturated carbocycles. The van der Waals surface area contributed by atoms with Gasteiger partial charge in [0.2, 0.25) is 5.91 Å². The molecule has 4 rings (SSSR count). The predicted octanol–water partition coefficient (Wildman–Crippen LogP) is 3.75. The van der Waals surface area contributed by atoms with E-state index < -0.39 is 0 Å². The molecular formula is C23H33NO3. The summed E-state index contributed by atoms with van der Waals surface area (Å²) in [6.07, 6.45) is 7.40. The fraction of sp³-hybridized carbons (Fsp3) is 0.696. The van der Waals surface area contributed by atoms with E-state index in [2.05, 4.69) is 19.1 Å². The van der Waals surface area contributed by atoms with E-state index in [1.165, 1.54) is 18.4 Å². The van der Waals surface area contributed by atoms with E-state index >= 15 is 0 Å². The van der Waals surface area contributed by atoms with Gasteiger partial charge in [-0.25, -0.2) is 0 Å². The van der Waals surface area contributed by atoms with Crippen LogP contribution in [-0.2, 0) is 20.7 Å². The van der Waals surface area contributed by atoms with Gasteiger partial charge in [-0.15, -0.1) is 0 Å². The van der Waals surface area contributed by atoms with E-state index in [-0.39, 0.29) is 11.5 Å². The first-order chi connectivity index (χ1) is 13.2. The van der Waals surface area contributed by atoms with Crippen LogP contribution < -0.4 is 0 Å². The average molecular weight is 372 g/mol. The van der Waals surface area contributed by atoms with Crippen molar-refractivity contribution in [1.82, 2.24) is 4.90 Å². The van der Waals surface area contributed by atoms with Crippen molar-refractivity contribution in [1.29, 1.82) is 0 Å². The molecule has 1 aromatic rings. The molecule has 0 radical (unpaired) electrons. The number of ether oxygens (including phenoxy) is 2. The minimum absolute atomic E-state index is 0.0115. The van der Waals surface area contributed by atoms with Crippen LogP contribution in [0.5, 0.6) is 0 Å². The number of hydrogen-bond acceptors (Lipinski definition) is 3. The van der Waals surface area contributed by atoms with Crippen LogP contribution in [0, 0.1) is 18.8 Å². The number of nitrogens with zero attached hydrogens (tertiary/aromatic N) is 1. The van der Waals surface area contributed by atoms with Gasteiger partial charge in [0.1, 0.15) is 0 Å². The summed E-state index contributed by atoms with van der Waals surface area (Å²) < 4.78 is 12.1. The molecule has 0 N–H and O–H groups in total. The van der Waals surface area contributed by atoms with Crippen molar-refractivity contribution in [2.45, 2.75) is 57.5 Å². The average Bonchev–Trinajstić information content (AvgIpc) is 3.43. The van der Waals surface area contributed by atoms with Gasteiger partial charge in [0, 0.05) is 32.9 Å². The SMILES string of the molecule is Cc1ccccc1CC(=O)N1CCC2(CC1)OCCC2CCOCC1CC1. The third kappa shape index (κ3) is 4.55. The molecule has 1 aromatic carbocycles. The fourth-order valence-corrected chi connectivity index (χ4v) is 4.72. The van der Waals surface area contributed by atoms with Gasteiger partial charge >= 0.3 is 0 Å². The van der Waals surface area contributed by atoms with E-state index in [0.29, 0.717) is 12.3 Å². The summed E-state index contributed by atoms with van der Waals surface area (Å²) in [5.41, 5.74) is 2.33. The van der Waals surface area contributed by atoms with E-state index in [9.17, 15) is 4.79 Å². The highest BCUT2D eigenvalue weighted by Crippen LogP contribution is 2.42. The summed E-state index contributed by atoms with van der Waals surface area (Å²) in [6, 6.07) is 8.19. The van der Waals surface area contributed by atoms with Crippen LogP contribution in [0.1, 0.15) is 49.7 Å². The maximum atomic E-state index is 12.8. The summed E-state index contributed by atoms with van der Waals surface area (Å²) in [7, 11) is 0. The molecule has 0 bridgehead atoms. The molecule has 2 aliphatic heterocycles. The fourth-order valence-electron chi connectivity index (χ4n) is 4.72. The van der Waals surface area contributed by atoms with Crippen molar-refractivity contribution in [2.75, 3.05) is 32.9 Å². The van der Waals surface area contributed by atoms with Crippen molar-refractivity contribution in [2.24, 2.45) is 11.8 Å². The van der Waals surface area contributed by atoms with E-state index in [1.807, 2.05) is 17.0 Å². The van der Waals surface area contributed by atoms with Gasteiger partial charge in [-0.1, -0.05) is 24.3 Å². The Morgan fingerprint density at radius 3 is 2.74 bits per heavy atom. The summed E-state index contributed by atoms with van der Waals surface area (Å²) in [5, 5.41) is 0. The Morgan fingerprint density at radius 2 is 2.00 bits per heavy atom. The normalized spacial score (nSPS) is 24.5.